The lowest BCUT2D eigenvalue weighted by molar-refractivity contribution is 0.0785. The van der Waals surface area contributed by atoms with Gasteiger partial charge in [-0.1, -0.05) is 35.9 Å². The molecule has 0 aliphatic rings. The summed E-state index contributed by atoms with van der Waals surface area (Å²) in [5, 5.41) is 0.668. The van der Waals surface area contributed by atoms with Gasteiger partial charge in [-0.15, -0.1) is 0 Å². The van der Waals surface area contributed by atoms with Crippen molar-refractivity contribution < 1.29 is 19.0 Å². The highest BCUT2D eigenvalue weighted by atomic mass is 35.5. The summed E-state index contributed by atoms with van der Waals surface area (Å²) in [6.07, 6.45) is 0. The molecule has 0 radical (unpaired) electrons. The topological polar surface area (TPSA) is 48.0 Å². The van der Waals surface area contributed by atoms with Crippen LogP contribution in [0.3, 0.4) is 0 Å². The van der Waals surface area contributed by atoms with Gasteiger partial charge in [-0.25, -0.2) is 0 Å². The first-order valence-electron chi connectivity index (χ1n) is 9.44. The van der Waals surface area contributed by atoms with Gasteiger partial charge in [0.2, 0.25) is 0 Å². The van der Waals surface area contributed by atoms with Crippen LogP contribution in [-0.2, 0) is 13.2 Å². The summed E-state index contributed by atoms with van der Waals surface area (Å²) >= 11 is 6.15. The summed E-state index contributed by atoms with van der Waals surface area (Å²) in [5.41, 5.74) is 2.44. The fourth-order valence-corrected chi connectivity index (χ4v) is 3.21. The summed E-state index contributed by atoms with van der Waals surface area (Å²) < 4.78 is 16.4. The Morgan fingerprint density at radius 3 is 2.30 bits per heavy atom. The highest BCUT2D eigenvalue weighted by Gasteiger charge is 2.14. The summed E-state index contributed by atoms with van der Waals surface area (Å²) in [4.78, 5) is 14.4. The van der Waals surface area contributed by atoms with Crippen molar-refractivity contribution in [1.82, 2.24) is 4.90 Å². The minimum atomic E-state index is -0.0811. The van der Waals surface area contributed by atoms with Gasteiger partial charge in [-0.3, -0.25) is 4.79 Å². The van der Waals surface area contributed by atoms with Crippen LogP contribution in [0.5, 0.6) is 17.2 Å². The molecule has 0 N–H and O–H groups in total. The van der Waals surface area contributed by atoms with Crippen LogP contribution in [0.4, 0.5) is 0 Å². The number of ether oxygens (including phenoxy) is 3. The molecule has 0 unspecified atom stereocenters. The second kappa shape index (κ2) is 10.0. The van der Waals surface area contributed by atoms with Crippen molar-refractivity contribution in [3.05, 3.63) is 88.4 Å². The van der Waals surface area contributed by atoms with E-state index in [2.05, 4.69) is 0 Å². The second-order valence-electron chi connectivity index (χ2n) is 6.76. The zero-order valence-corrected chi connectivity index (χ0v) is 18.0. The molecule has 6 heteroatoms. The van der Waals surface area contributed by atoms with Gasteiger partial charge in [-0.05, 0) is 48.0 Å². The monoisotopic (exact) mass is 425 g/mol. The summed E-state index contributed by atoms with van der Waals surface area (Å²) in [6, 6.07) is 20.3. The molecule has 3 aromatic rings. The normalized spacial score (nSPS) is 10.4. The maximum absolute atomic E-state index is 12.8. The number of amides is 1. The molecule has 0 saturated carbocycles. The molecule has 156 valence electrons. The summed E-state index contributed by atoms with van der Waals surface area (Å²) in [6.45, 7) is 0.816. The number of rotatable bonds is 8. The lowest BCUT2D eigenvalue weighted by Gasteiger charge is -2.18. The van der Waals surface area contributed by atoms with Crippen molar-refractivity contribution in [3.63, 3.8) is 0 Å². The van der Waals surface area contributed by atoms with Crippen molar-refractivity contribution in [2.75, 3.05) is 21.3 Å². The lowest BCUT2D eigenvalue weighted by atomic mass is 10.1. The molecule has 3 rings (SSSR count). The maximum atomic E-state index is 12.8. The molecule has 0 heterocycles. The summed E-state index contributed by atoms with van der Waals surface area (Å²) in [7, 11) is 4.95. The SMILES string of the molecule is COc1ccc(CN(C)C(=O)c2ccc(OCc3ccccc3Cl)cc2)cc1OC. The van der Waals surface area contributed by atoms with Gasteiger partial charge in [-0.2, -0.15) is 0 Å². The summed E-state index contributed by atoms with van der Waals surface area (Å²) in [5.74, 6) is 1.88. The first kappa shape index (κ1) is 21.5. The standard InChI is InChI=1S/C24H24ClNO4/c1-26(15-17-8-13-22(28-2)23(14-17)29-3)24(27)18-9-11-20(12-10-18)30-16-19-6-4-5-7-21(19)25/h4-14H,15-16H2,1-3H3. The molecule has 0 spiro atoms. The number of hydrogen-bond donors (Lipinski definition) is 0. The Bertz CT molecular complexity index is 1000. The molecule has 0 aliphatic heterocycles. The number of benzene rings is 3. The minimum Gasteiger partial charge on any atom is -0.493 e. The third-order valence-corrected chi connectivity index (χ3v) is 5.04. The van der Waals surface area contributed by atoms with Crippen molar-refractivity contribution in [1.29, 1.82) is 0 Å². The minimum absolute atomic E-state index is 0.0811. The van der Waals surface area contributed by atoms with Gasteiger partial charge in [0.05, 0.1) is 14.2 Å². The molecular weight excluding hydrogens is 402 g/mol. The average Bonchev–Trinajstić information content (AvgIpc) is 2.78. The van der Waals surface area contributed by atoms with Gasteiger partial charge in [0, 0.05) is 29.7 Å². The van der Waals surface area contributed by atoms with Crippen molar-refractivity contribution in [2.24, 2.45) is 0 Å². The highest BCUT2D eigenvalue weighted by Crippen LogP contribution is 2.28. The number of carbonyl (C=O) groups is 1. The second-order valence-corrected chi connectivity index (χ2v) is 7.16. The maximum Gasteiger partial charge on any atom is 0.253 e. The van der Waals surface area contributed by atoms with E-state index < -0.39 is 0 Å². The predicted octanol–water partition coefficient (Wildman–Crippen LogP) is 5.21. The van der Waals surface area contributed by atoms with E-state index in [-0.39, 0.29) is 5.91 Å². The molecule has 0 atom stereocenters. The zero-order chi connectivity index (χ0) is 21.5. The zero-order valence-electron chi connectivity index (χ0n) is 17.2. The van der Waals surface area contributed by atoms with E-state index >= 15 is 0 Å². The Morgan fingerprint density at radius 2 is 1.63 bits per heavy atom. The fourth-order valence-electron chi connectivity index (χ4n) is 3.02. The first-order chi connectivity index (χ1) is 14.5. The Morgan fingerprint density at radius 1 is 0.933 bits per heavy atom. The number of nitrogens with zero attached hydrogens (tertiary/aromatic N) is 1. The van der Waals surface area contributed by atoms with Crippen LogP contribution in [0.15, 0.2) is 66.7 Å². The van der Waals surface area contributed by atoms with Crippen LogP contribution in [0, 0.1) is 0 Å². The van der Waals surface area contributed by atoms with E-state index in [1.165, 1.54) is 0 Å². The lowest BCUT2D eigenvalue weighted by Crippen LogP contribution is -2.26. The van der Waals surface area contributed by atoms with Crippen LogP contribution in [0.1, 0.15) is 21.5 Å². The van der Waals surface area contributed by atoms with E-state index in [9.17, 15) is 4.79 Å². The average molecular weight is 426 g/mol. The smallest absolute Gasteiger partial charge is 0.253 e. The molecule has 1 amide bonds. The number of halogens is 1. The number of methoxy groups -OCH3 is 2. The van der Waals surface area contributed by atoms with Crippen molar-refractivity contribution >= 4 is 17.5 Å². The molecule has 0 fully saturated rings. The predicted molar refractivity (Wildman–Crippen MR) is 118 cm³/mol. The van der Waals surface area contributed by atoms with Crippen molar-refractivity contribution in [2.45, 2.75) is 13.2 Å². The molecule has 0 saturated heterocycles. The van der Waals surface area contributed by atoms with Crippen LogP contribution in [0.2, 0.25) is 5.02 Å². The Labute approximate surface area is 181 Å². The third-order valence-electron chi connectivity index (χ3n) is 4.67. The molecule has 5 nitrogen and oxygen atoms in total. The molecule has 30 heavy (non-hydrogen) atoms. The van der Waals surface area contributed by atoms with Crippen LogP contribution < -0.4 is 14.2 Å². The molecule has 0 bridgehead atoms. The largest absolute Gasteiger partial charge is 0.493 e. The van der Waals surface area contributed by atoms with E-state index in [0.717, 1.165) is 11.1 Å². The number of hydrogen-bond acceptors (Lipinski definition) is 4. The van der Waals surface area contributed by atoms with Crippen LogP contribution >= 0.6 is 11.6 Å². The van der Waals surface area contributed by atoms with Gasteiger partial charge in [0.1, 0.15) is 12.4 Å². The van der Waals surface area contributed by atoms with Gasteiger partial charge < -0.3 is 19.1 Å². The van der Waals surface area contributed by atoms with E-state index in [0.29, 0.717) is 41.0 Å². The quantitative estimate of drug-likeness (QED) is 0.497. The molecule has 0 aliphatic carbocycles. The molecular formula is C24H24ClNO4. The molecule has 0 aromatic heterocycles. The highest BCUT2D eigenvalue weighted by molar-refractivity contribution is 6.31. The first-order valence-corrected chi connectivity index (χ1v) is 9.82. The van der Waals surface area contributed by atoms with Crippen molar-refractivity contribution in [3.8, 4) is 17.2 Å². The Balaban J connectivity index is 1.61. The van der Waals surface area contributed by atoms with Crippen LogP contribution in [0.25, 0.3) is 0 Å². The van der Waals surface area contributed by atoms with E-state index in [1.54, 1.807) is 50.4 Å². The van der Waals surface area contributed by atoms with E-state index in [4.69, 9.17) is 25.8 Å². The fraction of sp³-hybridized carbons (Fsp3) is 0.208. The van der Waals surface area contributed by atoms with Gasteiger partial charge >= 0.3 is 0 Å². The number of carbonyl (C=O) groups excluding carboxylic acids is 1. The Hall–Kier alpha value is -3.18. The molecule has 3 aromatic carbocycles. The Kier molecular flexibility index (Phi) is 7.20. The van der Waals surface area contributed by atoms with Gasteiger partial charge in [0.25, 0.3) is 5.91 Å². The van der Waals surface area contributed by atoms with Crippen LogP contribution in [-0.4, -0.2) is 32.1 Å². The van der Waals surface area contributed by atoms with E-state index in [1.807, 2.05) is 42.5 Å². The third kappa shape index (κ3) is 5.24. The van der Waals surface area contributed by atoms with Gasteiger partial charge in [0.15, 0.2) is 11.5 Å².